The number of anilines is 1. The fraction of sp³-hybridized carbons (Fsp3) is 0.235. The summed E-state index contributed by atoms with van der Waals surface area (Å²) in [6.45, 7) is 1.90. The van der Waals surface area contributed by atoms with E-state index in [4.69, 9.17) is 21.1 Å². The van der Waals surface area contributed by atoms with Gasteiger partial charge in [0.25, 0.3) is 0 Å². The maximum atomic E-state index is 12.2. The third kappa shape index (κ3) is 3.92. The average Bonchev–Trinajstić information content (AvgIpc) is 2.50. The number of hydrogen-bond acceptors (Lipinski definition) is 3. The Labute approximate surface area is 135 Å². The second-order valence-electron chi connectivity index (χ2n) is 4.87. The van der Waals surface area contributed by atoms with Crippen LogP contribution in [0.15, 0.2) is 36.4 Å². The first-order chi connectivity index (χ1) is 10.5. The van der Waals surface area contributed by atoms with Crippen molar-refractivity contribution in [1.82, 2.24) is 0 Å². The molecule has 2 aromatic rings. The molecule has 116 valence electrons. The molecule has 0 aliphatic carbocycles. The Morgan fingerprint density at radius 2 is 1.82 bits per heavy atom. The normalized spacial score (nSPS) is 10.2. The molecule has 1 N–H and O–H groups in total. The Hall–Kier alpha value is -2.20. The fourth-order valence-electron chi connectivity index (χ4n) is 2.14. The average molecular weight is 320 g/mol. The van der Waals surface area contributed by atoms with Gasteiger partial charge in [-0.1, -0.05) is 17.7 Å². The van der Waals surface area contributed by atoms with Crippen molar-refractivity contribution in [2.24, 2.45) is 0 Å². The first-order valence-corrected chi connectivity index (χ1v) is 7.18. The number of carbonyl (C=O) groups is 1. The van der Waals surface area contributed by atoms with Crippen LogP contribution in [0.5, 0.6) is 11.5 Å². The number of methoxy groups -OCH3 is 2. The molecule has 2 aromatic carbocycles. The number of halogens is 1. The molecule has 0 fully saturated rings. The third-order valence-corrected chi connectivity index (χ3v) is 3.51. The Bertz CT molecular complexity index is 686. The molecule has 0 aromatic heterocycles. The fourth-order valence-corrected chi connectivity index (χ4v) is 2.36. The minimum absolute atomic E-state index is 0.0994. The zero-order valence-corrected chi connectivity index (χ0v) is 13.5. The van der Waals surface area contributed by atoms with Gasteiger partial charge < -0.3 is 14.8 Å². The quantitative estimate of drug-likeness (QED) is 0.910. The summed E-state index contributed by atoms with van der Waals surface area (Å²) in [6.07, 6.45) is 0.252. The van der Waals surface area contributed by atoms with Gasteiger partial charge in [0.15, 0.2) is 11.5 Å². The van der Waals surface area contributed by atoms with Crippen LogP contribution in [-0.4, -0.2) is 20.1 Å². The van der Waals surface area contributed by atoms with Crippen LogP contribution in [-0.2, 0) is 11.2 Å². The summed E-state index contributed by atoms with van der Waals surface area (Å²) in [5, 5.41) is 3.53. The van der Waals surface area contributed by atoms with E-state index < -0.39 is 0 Å². The molecule has 0 heterocycles. The first kappa shape index (κ1) is 16.2. The monoisotopic (exact) mass is 319 g/mol. The Morgan fingerprint density at radius 3 is 2.45 bits per heavy atom. The molecule has 0 unspecified atom stereocenters. The van der Waals surface area contributed by atoms with Crippen molar-refractivity contribution in [2.75, 3.05) is 19.5 Å². The van der Waals surface area contributed by atoms with E-state index in [1.165, 1.54) is 0 Å². The van der Waals surface area contributed by atoms with Crippen molar-refractivity contribution in [1.29, 1.82) is 0 Å². The van der Waals surface area contributed by atoms with Gasteiger partial charge in [0.2, 0.25) is 5.91 Å². The minimum Gasteiger partial charge on any atom is -0.493 e. The van der Waals surface area contributed by atoms with Crippen LogP contribution in [0, 0.1) is 6.92 Å². The molecule has 5 heteroatoms. The largest absolute Gasteiger partial charge is 0.493 e. The van der Waals surface area contributed by atoms with Crippen molar-refractivity contribution >= 4 is 23.2 Å². The lowest BCUT2D eigenvalue weighted by Crippen LogP contribution is -2.15. The molecule has 0 bridgehead atoms. The SMILES string of the molecule is COc1ccc(CC(=O)Nc2ccc(Cl)cc2C)cc1OC. The van der Waals surface area contributed by atoms with Crippen molar-refractivity contribution < 1.29 is 14.3 Å². The standard InChI is InChI=1S/C17H18ClNO3/c1-11-8-13(18)5-6-14(11)19-17(20)10-12-4-7-15(21-2)16(9-12)22-3/h4-9H,10H2,1-3H3,(H,19,20). The van der Waals surface area contributed by atoms with E-state index in [1.807, 2.05) is 19.1 Å². The number of aryl methyl sites for hydroxylation is 1. The van der Waals surface area contributed by atoms with E-state index in [9.17, 15) is 4.79 Å². The lowest BCUT2D eigenvalue weighted by molar-refractivity contribution is -0.115. The molecule has 0 aliphatic rings. The van der Waals surface area contributed by atoms with E-state index in [0.717, 1.165) is 16.8 Å². The van der Waals surface area contributed by atoms with E-state index in [2.05, 4.69) is 5.32 Å². The molecule has 0 aliphatic heterocycles. The van der Waals surface area contributed by atoms with E-state index in [1.54, 1.807) is 38.5 Å². The van der Waals surface area contributed by atoms with E-state index in [-0.39, 0.29) is 12.3 Å². The summed E-state index contributed by atoms with van der Waals surface area (Å²) < 4.78 is 10.4. The van der Waals surface area contributed by atoms with E-state index >= 15 is 0 Å². The molecule has 4 nitrogen and oxygen atoms in total. The first-order valence-electron chi connectivity index (χ1n) is 6.80. The highest BCUT2D eigenvalue weighted by Crippen LogP contribution is 2.28. The Balaban J connectivity index is 2.08. The van der Waals surface area contributed by atoms with Crippen LogP contribution < -0.4 is 14.8 Å². The van der Waals surface area contributed by atoms with E-state index in [0.29, 0.717) is 16.5 Å². The molecule has 0 atom stereocenters. The molecular weight excluding hydrogens is 302 g/mol. The molecular formula is C17H18ClNO3. The highest BCUT2D eigenvalue weighted by molar-refractivity contribution is 6.30. The zero-order valence-electron chi connectivity index (χ0n) is 12.8. The summed E-state index contributed by atoms with van der Waals surface area (Å²) >= 11 is 5.91. The highest BCUT2D eigenvalue weighted by Gasteiger charge is 2.09. The van der Waals surface area contributed by atoms with Gasteiger partial charge >= 0.3 is 0 Å². The van der Waals surface area contributed by atoms with Crippen LogP contribution in [0.1, 0.15) is 11.1 Å². The van der Waals surface area contributed by atoms with Gasteiger partial charge in [-0.15, -0.1) is 0 Å². The number of amides is 1. The number of ether oxygens (including phenoxy) is 2. The van der Waals surface area contributed by atoms with Gasteiger partial charge in [-0.3, -0.25) is 4.79 Å². The molecule has 22 heavy (non-hydrogen) atoms. The maximum Gasteiger partial charge on any atom is 0.228 e. The lowest BCUT2D eigenvalue weighted by Gasteiger charge is -2.11. The topological polar surface area (TPSA) is 47.6 Å². The van der Waals surface area contributed by atoms with Crippen molar-refractivity contribution in [3.8, 4) is 11.5 Å². The molecule has 0 saturated carbocycles. The van der Waals surface area contributed by atoms with Gasteiger partial charge in [-0.2, -0.15) is 0 Å². The third-order valence-electron chi connectivity index (χ3n) is 3.28. The molecule has 0 spiro atoms. The second-order valence-corrected chi connectivity index (χ2v) is 5.31. The second kappa shape index (κ2) is 7.18. The predicted molar refractivity (Wildman–Crippen MR) is 88.1 cm³/mol. The van der Waals surface area contributed by atoms with Gasteiger partial charge in [0, 0.05) is 10.7 Å². The smallest absolute Gasteiger partial charge is 0.228 e. The summed E-state index contributed by atoms with van der Waals surface area (Å²) in [4.78, 5) is 12.2. The number of hydrogen-bond donors (Lipinski definition) is 1. The van der Waals surface area contributed by atoms with Gasteiger partial charge in [0.1, 0.15) is 0 Å². The highest BCUT2D eigenvalue weighted by atomic mass is 35.5. The minimum atomic E-state index is -0.0994. The van der Waals surface area contributed by atoms with Crippen molar-refractivity contribution in [2.45, 2.75) is 13.3 Å². The number of rotatable bonds is 5. The summed E-state index contributed by atoms with van der Waals surface area (Å²) in [5.41, 5.74) is 2.53. The van der Waals surface area contributed by atoms with Crippen LogP contribution in [0.3, 0.4) is 0 Å². The Morgan fingerprint density at radius 1 is 1.09 bits per heavy atom. The summed E-state index contributed by atoms with van der Waals surface area (Å²) in [7, 11) is 3.15. The molecule has 0 saturated heterocycles. The van der Waals surface area contributed by atoms with Crippen LogP contribution in [0.4, 0.5) is 5.69 Å². The number of nitrogens with one attached hydrogen (secondary N) is 1. The molecule has 1 amide bonds. The predicted octanol–water partition coefficient (Wildman–Crippen LogP) is 3.85. The summed E-state index contributed by atoms with van der Waals surface area (Å²) in [6, 6.07) is 10.8. The van der Waals surface area contributed by atoms with Gasteiger partial charge in [-0.25, -0.2) is 0 Å². The van der Waals surface area contributed by atoms with Crippen LogP contribution >= 0.6 is 11.6 Å². The maximum absolute atomic E-state index is 12.2. The van der Waals surface area contributed by atoms with Crippen LogP contribution in [0.2, 0.25) is 5.02 Å². The Kier molecular flexibility index (Phi) is 5.28. The number of carbonyl (C=O) groups excluding carboxylic acids is 1. The van der Waals surface area contributed by atoms with Crippen molar-refractivity contribution in [3.63, 3.8) is 0 Å². The van der Waals surface area contributed by atoms with Crippen molar-refractivity contribution in [3.05, 3.63) is 52.5 Å². The summed E-state index contributed by atoms with van der Waals surface area (Å²) in [5.74, 6) is 1.15. The lowest BCUT2D eigenvalue weighted by atomic mass is 10.1. The molecule has 2 rings (SSSR count). The van der Waals surface area contributed by atoms with Crippen LogP contribution in [0.25, 0.3) is 0 Å². The number of benzene rings is 2. The molecule has 0 radical (unpaired) electrons. The zero-order chi connectivity index (χ0) is 16.1. The van der Waals surface area contributed by atoms with Gasteiger partial charge in [0.05, 0.1) is 20.6 Å². The van der Waals surface area contributed by atoms with Gasteiger partial charge in [-0.05, 0) is 48.4 Å².